The van der Waals surface area contributed by atoms with E-state index in [1.54, 1.807) is 11.9 Å². The van der Waals surface area contributed by atoms with E-state index in [1.165, 1.54) is 0 Å². The van der Waals surface area contributed by atoms with E-state index in [2.05, 4.69) is 10.2 Å². The van der Waals surface area contributed by atoms with Crippen molar-refractivity contribution in [3.05, 3.63) is 10.1 Å². The molecule has 0 aromatic heterocycles. The van der Waals surface area contributed by atoms with Gasteiger partial charge in [0, 0.05) is 44.1 Å². The molecule has 156 valence electrons. The van der Waals surface area contributed by atoms with Gasteiger partial charge in [-0.1, -0.05) is 0 Å². The van der Waals surface area contributed by atoms with Gasteiger partial charge >= 0.3 is 6.09 Å². The first kappa shape index (κ1) is 21.8. The Balaban J connectivity index is 1.97. The van der Waals surface area contributed by atoms with Crippen LogP contribution in [0.15, 0.2) is 0 Å². The fourth-order valence-corrected chi connectivity index (χ4v) is 3.53. The van der Waals surface area contributed by atoms with Crippen molar-refractivity contribution in [2.75, 3.05) is 33.3 Å². The van der Waals surface area contributed by atoms with Gasteiger partial charge in [-0.05, 0) is 41.0 Å². The Morgan fingerprint density at radius 2 is 1.96 bits per heavy atom. The third kappa shape index (κ3) is 5.52. The molecule has 3 atom stereocenters. The molecule has 2 fully saturated rings. The second-order valence-corrected chi connectivity index (χ2v) is 8.99. The predicted octanol–water partition coefficient (Wildman–Crippen LogP) is 1.69. The molecule has 9 heteroatoms. The highest BCUT2D eigenvalue weighted by atomic mass is 16.6. The standard InChI is InChI=1S/C18H34N4O5/c1-17(2,3)27-16(23)20(6)18(4,5)14-12-21(9-10-26-14)13-7-8-15(19-11-13)22(24)25/h13-15,19H,7-12H2,1-6H3. The van der Waals surface area contributed by atoms with Crippen molar-refractivity contribution < 1.29 is 19.2 Å². The lowest BCUT2D eigenvalue weighted by atomic mass is 9.92. The highest BCUT2D eigenvalue weighted by Gasteiger charge is 2.42. The van der Waals surface area contributed by atoms with Gasteiger partial charge in [0.05, 0.1) is 18.2 Å². The van der Waals surface area contributed by atoms with Gasteiger partial charge in [-0.2, -0.15) is 0 Å². The van der Waals surface area contributed by atoms with Crippen LogP contribution in [-0.2, 0) is 9.47 Å². The van der Waals surface area contributed by atoms with Gasteiger partial charge in [0.15, 0.2) is 0 Å². The monoisotopic (exact) mass is 386 g/mol. The number of piperidine rings is 1. The highest BCUT2D eigenvalue weighted by Crippen LogP contribution is 2.27. The van der Waals surface area contributed by atoms with Crippen molar-refractivity contribution >= 4 is 6.09 Å². The summed E-state index contributed by atoms with van der Waals surface area (Å²) >= 11 is 0. The Morgan fingerprint density at radius 1 is 1.30 bits per heavy atom. The summed E-state index contributed by atoms with van der Waals surface area (Å²) in [6, 6.07) is 0.246. The van der Waals surface area contributed by atoms with E-state index >= 15 is 0 Å². The van der Waals surface area contributed by atoms with Crippen molar-refractivity contribution in [2.24, 2.45) is 0 Å². The van der Waals surface area contributed by atoms with Gasteiger partial charge in [-0.25, -0.2) is 4.79 Å². The Kier molecular flexibility index (Phi) is 6.70. The molecule has 0 radical (unpaired) electrons. The van der Waals surface area contributed by atoms with Crippen LogP contribution in [-0.4, -0.2) is 83.6 Å². The average molecular weight is 386 g/mol. The molecule has 2 rings (SSSR count). The van der Waals surface area contributed by atoms with E-state index in [4.69, 9.17) is 9.47 Å². The van der Waals surface area contributed by atoms with Crippen LogP contribution in [0.2, 0.25) is 0 Å². The SMILES string of the molecule is CN(C(=O)OC(C)(C)C)C(C)(C)C1CN(C2CCC([N+](=O)[O-])NC2)CCO1. The largest absolute Gasteiger partial charge is 0.444 e. The minimum atomic E-state index is -0.646. The topological polar surface area (TPSA) is 97.2 Å². The van der Waals surface area contributed by atoms with Crippen LogP contribution in [0, 0.1) is 10.1 Å². The molecule has 3 unspecified atom stereocenters. The summed E-state index contributed by atoms with van der Waals surface area (Å²) in [5.41, 5.74) is -1.10. The van der Waals surface area contributed by atoms with Gasteiger partial charge < -0.3 is 14.4 Å². The number of nitrogens with one attached hydrogen (secondary N) is 1. The van der Waals surface area contributed by atoms with Crippen LogP contribution < -0.4 is 5.32 Å². The Labute approximate surface area is 161 Å². The molecule has 2 heterocycles. The first-order chi connectivity index (χ1) is 12.4. The van der Waals surface area contributed by atoms with Crippen LogP contribution in [0.1, 0.15) is 47.5 Å². The smallest absolute Gasteiger partial charge is 0.410 e. The van der Waals surface area contributed by atoms with Gasteiger partial charge in [0.2, 0.25) is 0 Å². The van der Waals surface area contributed by atoms with Gasteiger partial charge in [0.25, 0.3) is 6.17 Å². The molecule has 0 aliphatic carbocycles. The Bertz CT molecular complexity index is 540. The van der Waals surface area contributed by atoms with Crippen molar-refractivity contribution in [2.45, 2.75) is 76.9 Å². The maximum Gasteiger partial charge on any atom is 0.410 e. The second-order valence-electron chi connectivity index (χ2n) is 8.99. The third-order valence-corrected chi connectivity index (χ3v) is 5.55. The molecule has 2 saturated heterocycles. The first-order valence-electron chi connectivity index (χ1n) is 9.61. The van der Waals surface area contributed by atoms with Crippen LogP contribution in [0.4, 0.5) is 4.79 Å². The summed E-state index contributed by atoms with van der Waals surface area (Å²) in [4.78, 5) is 27.1. The van der Waals surface area contributed by atoms with Gasteiger partial charge in [0.1, 0.15) is 5.60 Å². The second kappa shape index (κ2) is 8.28. The Hall–Kier alpha value is -1.45. The molecule has 0 aromatic carbocycles. The van der Waals surface area contributed by atoms with E-state index in [0.717, 1.165) is 13.0 Å². The normalized spacial score (nSPS) is 27.9. The minimum Gasteiger partial charge on any atom is -0.444 e. The molecule has 9 nitrogen and oxygen atoms in total. The van der Waals surface area contributed by atoms with E-state index in [0.29, 0.717) is 26.1 Å². The molecule has 27 heavy (non-hydrogen) atoms. The molecule has 0 spiro atoms. The van der Waals surface area contributed by atoms with E-state index in [9.17, 15) is 14.9 Å². The summed E-state index contributed by atoms with van der Waals surface area (Å²) in [7, 11) is 1.74. The molecule has 2 aliphatic rings. The number of nitro groups is 1. The molecule has 0 aromatic rings. The van der Waals surface area contributed by atoms with Gasteiger partial charge in [-0.3, -0.25) is 20.3 Å². The van der Waals surface area contributed by atoms with Crippen LogP contribution in [0.5, 0.6) is 0 Å². The molecule has 0 saturated carbocycles. The summed E-state index contributed by atoms with van der Waals surface area (Å²) in [5, 5.41) is 13.9. The molecule has 0 bridgehead atoms. The van der Waals surface area contributed by atoms with Crippen molar-refractivity contribution in [3.63, 3.8) is 0 Å². The summed E-state index contributed by atoms with van der Waals surface area (Å²) in [6.45, 7) is 12.1. The number of hydrogen-bond acceptors (Lipinski definition) is 7. The predicted molar refractivity (Wildman–Crippen MR) is 101 cm³/mol. The molecule has 1 amide bonds. The maximum absolute atomic E-state index is 12.5. The zero-order valence-corrected chi connectivity index (χ0v) is 17.4. The van der Waals surface area contributed by atoms with Gasteiger partial charge in [-0.15, -0.1) is 0 Å². The van der Waals surface area contributed by atoms with Crippen molar-refractivity contribution in [3.8, 4) is 0 Å². The lowest BCUT2D eigenvalue weighted by Crippen LogP contribution is -2.63. The lowest BCUT2D eigenvalue weighted by Gasteiger charge is -2.48. The molecular weight excluding hydrogens is 352 g/mol. The highest BCUT2D eigenvalue weighted by molar-refractivity contribution is 5.68. The number of likely N-dealkylation sites (N-methyl/N-ethyl adjacent to an activating group) is 1. The number of rotatable bonds is 4. The summed E-state index contributed by atoms with van der Waals surface area (Å²) in [5.74, 6) is 0. The number of carbonyl (C=O) groups excluding carboxylic acids is 1. The fraction of sp³-hybridized carbons (Fsp3) is 0.944. The van der Waals surface area contributed by atoms with Crippen molar-refractivity contribution in [1.82, 2.24) is 15.1 Å². The van der Waals surface area contributed by atoms with E-state index < -0.39 is 17.3 Å². The number of carbonyl (C=O) groups is 1. The minimum absolute atomic E-state index is 0.169. The summed E-state index contributed by atoms with van der Waals surface area (Å²) < 4.78 is 11.5. The van der Waals surface area contributed by atoms with E-state index in [-0.39, 0.29) is 23.2 Å². The fourth-order valence-electron chi connectivity index (χ4n) is 3.53. The van der Waals surface area contributed by atoms with Crippen molar-refractivity contribution in [1.29, 1.82) is 0 Å². The van der Waals surface area contributed by atoms with E-state index in [1.807, 2.05) is 34.6 Å². The summed E-state index contributed by atoms with van der Waals surface area (Å²) in [6.07, 6.45) is 0.125. The Morgan fingerprint density at radius 3 is 2.48 bits per heavy atom. The quantitative estimate of drug-likeness (QED) is 0.580. The maximum atomic E-state index is 12.5. The lowest BCUT2D eigenvalue weighted by molar-refractivity contribution is -0.532. The first-order valence-corrected chi connectivity index (χ1v) is 9.61. The molecular formula is C18H34N4O5. The van der Waals surface area contributed by atoms with Crippen LogP contribution >= 0.6 is 0 Å². The van der Waals surface area contributed by atoms with Crippen LogP contribution in [0.3, 0.4) is 0 Å². The average Bonchev–Trinajstić information content (AvgIpc) is 2.59. The number of morpholine rings is 1. The number of ether oxygens (including phenoxy) is 2. The van der Waals surface area contributed by atoms with Crippen LogP contribution in [0.25, 0.3) is 0 Å². The number of nitrogens with zero attached hydrogens (tertiary/aromatic N) is 3. The number of hydrogen-bond donors (Lipinski definition) is 1. The molecule has 1 N–H and O–H groups in total. The number of amides is 1. The third-order valence-electron chi connectivity index (χ3n) is 5.55. The molecule has 2 aliphatic heterocycles. The zero-order chi connectivity index (χ0) is 20.4. The zero-order valence-electron chi connectivity index (χ0n) is 17.4.